The molecule has 3 aliphatic heterocycles. The molecule has 2 bridgehead atoms. The van der Waals surface area contributed by atoms with Crippen molar-refractivity contribution in [3.05, 3.63) is 42.0 Å². The molecule has 4 nitrogen and oxygen atoms in total. The van der Waals surface area contributed by atoms with E-state index in [-0.39, 0.29) is 29.8 Å². The van der Waals surface area contributed by atoms with E-state index < -0.39 is 5.60 Å². The molecule has 3 aliphatic rings. The molecule has 0 radical (unpaired) electrons. The molecule has 2 fully saturated rings. The summed E-state index contributed by atoms with van der Waals surface area (Å²) in [5.74, 6) is -0.994. The topological polar surface area (TPSA) is 46.6 Å². The molecule has 0 aliphatic carbocycles. The summed E-state index contributed by atoms with van der Waals surface area (Å²) in [6, 6.07) is 7.63. The Hall–Kier alpha value is -1.94. The van der Waals surface area contributed by atoms with Gasteiger partial charge in [0.05, 0.1) is 29.2 Å². The molecule has 2 saturated heterocycles. The van der Waals surface area contributed by atoms with Gasteiger partial charge in [-0.25, -0.2) is 4.90 Å². The Morgan fingerprint density at radius 3 is 2.71 bits per heavy atom. The third-order valence-corrected chi connectivity index (χ3v) is 4.94. The van der Waals surface area contributed by atoms with E-state index in [9.17, 15) is 9.59 Å². The van der Waals surface area contributed by atoms with Gasteiger partial charge in [-0.05, 0) is 25.0 Å². The normalized spacial score (nSPS) is 36.7. The lowest BCUT2D eigenvalue weighted by atomic mass is 9.78. The molecule has 0 N–H and O–H groups in total. The average Bonchev–Trinajstić information content (AvgIpc) is 3.08. The monoisotopic (exact) mass is 283 g/mol. The number of benzene rings is 1. The number of carbonyl (C=O) groups is 2. The van der Waals surface area contributed by atoms with Gasteiger partial charge in [-0.15, -0.1) is 0 Å². The summed E-state index contributed by atoms with van der Waals surface area (Å²) in [6.07, 6.45) is 4.38. The standard InChI is InChI=1S/C17H17NO3/c1-3-10-6-4-5-7-11(10)18-15(19)13-12-8-9-17(2,21-12)14(13)16(18)20/h4-9,12-14H,3H2,1-2H3/t12-,13-,14-,17-/m1/s1. The highest BCUT2D eigenvalue weighted by atomic mass is 16.5. The number of ether oxygens (including phenoxy) is 1. The SMILES string of the molecule is CCc1ccccc1N1C(=O)[C@@H]2[C@H]3C=C[C@@](C)(O3)[C@H]2C1=O. The molecule has 1 aromatic carbocycles. The van der Waals surface area contributed by atoms with Crippen molar-refractivity contribution in [2.24, 2.45) is 11.8 Å². The maximum atomic E-state index is 12.9. The molecule has 4 rings (SSSR count). The first-order valence-electron chi connectivity index (χ1n) is 7.39. The van der Waals surface area contributed by atoms with E-state index >= 15 is 0 Å². The molecule has 4 atom stereocenters. The predicted molar refractivity (Wildman–Crippen MR) is 77.7 cm³/mol. The second kappa shape index (κ2) is 4.04. The number of hydrogen-bond donors (Lipinski definition) is 0. The van der Waals surface area contributed by atoms with Crippen molar-refractivity contribution in [2.75, 3.05) is 4.90 Å². The lowest BCUT2D eigenvalue weighted by Crippen LogP contribution is -2.39. The largest absolute Gasteiger partial charge is 0.362 e. The van der Waals surface area contributed by atoms with E-state index in [2.05, 4.69) is 0 Å². The van der Waals surface area contributed by atoms with E-state index in [0.29, 0.717) is 0 Å². The second-order valence-corrected chi connectivity index (χ2v) is 6.12. The van der Waals surface area contributed by atoms with E-state index in [1.807, 2.05) is 50.3 Å². The van der Waals surface area contributed by atoms with Crippen LogP contribution in [-0.2, 0) is 20.7 Å². The molecular formula is C17H17NO3. The lowest BCUT2D eigenvalue weighted by molar-refractivity contribution is -0.126. The van der Waals surface area contributed by atoms with Crippen LogP contribution in [0.2, 0.25) is 0 Å². The van der Waals surface area contributed by atoms with Crippen molar-refractivity contribution in [1.29, 1.82) is 0 Å². The van der Waals surface area contributed by atoms with Gasteiger partial charge >= 0.3 is 0 Å². The zero-order chi connectivity index (χ0) is 14.8. The van der Waals surface area contributed by atoms with Crippen LogP contribution in [0.1, 0.15) is 19.4 Å². The van der Waals surface area contributed by atoms with Crippen LogP contribution >= 0.6 is 0 Å². The van der Waals surface area contributed by atoms with Crippen molar-refractivity contribution in [3.63, 3.8) is 0 Å². The van der Waals surface area contributed by atoms with Gasteiger partial charge in [0, 0.05) is 0 Å². The van der Waals surface area contributed by atoms with Crippen LogP contribution in [0.3, 0.4) is 0 Å². The molecular weight excluding hydrogens is 266 g/mol. The third kappa shape index (κ3) is 1.48. The highest BCUT2D eigenvalue weighted by molar-refractivity contribution is 6.23. The molecule has 0 spiro atoms. The minimum atomic E-state index is -0.627. The van der Waals surface area contributed by atoms with E-state index in [4.69, 9.17) is 4.74 Å². The summed E-state index contributed by atoms with van der Waals surface area (Å²) in [5, 5.41) is 0. The molecule has 0 saturated carbocycles. The van der Waals surface area contributed by atoms with Crippen LogP contribution in [0.25, 0.3) is 0 Å². The minimum Gasteiger partial charge on any atom is -0.362 e. The Balaban J connectivity index is 1.80. The first-order valence-corrected chi connectivity index (χ1v) is 7.39. The molecule has 2 amide bonds. The van der Waals surface area contributed by atoms with Crippen molar-refractivity contribution in [3.8, 4) is 0 Å². The Morgan fingerprint density at radius 1 is 1.24 bits per heavy atom. The number of aryl methyl sites for hydroxylation is 1. The maximum absolute atomic E-state index is 12.9. The number of imide groups is 1. The molecule has 1 aromatic rings. The van der Waals surface area contributed by atoms with Crippen molar-refractivity contribution in [1.82, 2.24) is 0 Å². The van der Waals surface area contributed by atoms with Crippen molar-refractivity contribution < 1.29 is 14.3 Å². The van der Waals surface area contributed by atoms with Gasteiger partial charge in [-0.3, -0.25) is 9.59 Å². The first kappa shape index (κ1) is 12.8. The number of para-hydroxylation sites is 1. The minimum absolute atomic E-state index is 0.121. The first-order chi connectivity index (χ1) is 10.1. The highest BCUT2D eigenvalue weighted by Crippen LogP contribution is 2.52. The van der Waals surface area contributed by atoms with Crippen LogP contribution in [0.4, 0.5) is 5.69 Å². The van der Waals surface area contributed by atoms with Gasteiger partial charge in [0.15, 0.2) is 0 Å². The molecule has 0 aromatic heterocycles. The summed E-state index contributed by atoms with van der Waals surface area (Å²) in [4.78, 5) is 27.0. The van der Waals surface area contributed by atoms with Gasteiger partial charge in [-0.1, -0.05) is 37.3 Å². The molecule has 3 heterocycles. The summed E-state index contributed by atoms with van der Waals surface area (Å²) in [6.45, 7) is 3.93. The quantitative estimate of drug-likeness (QED) is 0.616. The third-order valence-electron chi connectivity index (χ3n) is 4.94. The number of hydrogen-bond acceptors (Lipinski definition) is 3. The summed E-state index contributed by atoms with van der Waals surface area (Å²) in [7, 11) is 0. The number of nitrogens with zero attached hydrogens (tertiary/aromatic N) is 1. The van der Waals surface area contributed by atoms with Gasteiger partial charge in [0.25, 0.3) is 0 Å². The fraction of sp³-hybridized carbons (Fsp3) is 0.412. The second-order valence-electron chi connectivity index (χ2n) is 6.12. The summed E-state index contributed by atoms with van der Waals surface area (Å²) < 4.78 is 5.83. The van der Waals surface area contributed by atoms with E-state index in [1.54, 1.807) is 0 Å². The predicted octanol–water partition coefficient (Wildman–Crippen LogP) is 2.08. The summed E-state index contributed by atoms with van der Waals surface area (Å²) >= 11 is 0. The Labute approximate surface area is 123 Å². The number of carbonyl (C=O) groups excluding carboxylic acids is 2. The zero-order valence-corrected chi connectivity index (χ0v) is 12.1. The van der Waals surface area contributed by atoms with Crippen LogP contribution < -0.4 is 4.90 Å². The van der Waals surface area contributed by atoms with Crippen LogP contribution in [0, 0.1) is 11.8 Å². The number of anilines is 1. The highest BCUT2D eigenvalue weighted by Gasteiger charge is 2.66. The van der Waals surface area contributed by atoms with Gasteiger partial charge in [-0.2, -0.15) is 0 Å². The number of rotatable bonds is 2. The lowest BCUT2D eigenvalue weighted by Gasteiger charge is -2.24. The van der Waals surface area contributed by atoms with Gasteiger partial charge < -0.3 is 4.74 Å². The Bertz CT molecular complexity index is 680. The molecule has 4 heteroatoms. The average molecular weight is 283 g/mol. The van der Waals surface area contributed by atoms with E-state index in [1.165, 1.54) is 4.90 Å². The zero-order valence-electron chi connectivity index (χ0n) is 12.1. The van der Waals surface area contributed by atoms with Crippen LogP contribution in [-0.4, -0.2) is 23.5 Å². The smallest absolute Gasteiger partial charge is 0.241 e. The van der Waals surface area contributed by atoms with Crippen molar-refractivity contribution >= 4 is 17.5 Å². The van der Waals surface area contributed by atoms with Gasteiger partial charge in [0.2, 0.25) is 11.8 Å². The Kier molecular flexibility index (Phi) is 2.46. The fourth-order valence-electron chi connectivity index (χ4n) is 3.92. The Morgan fingerprint density at radius 2 is 2.00 bits per heavy atom. The maximum Gasteiger partial charge on any atom is 0.241 e. The number of amides is 2. The van der Waals surface area contributed by atoms with Crippen LogP contribution in [0.5, 0.6) is 0 Å². The fourth-order valence-corrected chi connectivity index (χ4v) is 3.92. The molecule has 0 unspecified atom stereocenters. The molecule has 21 heavy (non-hydrogen) atoms. The molecule has 108 valence electrons. The number of fused-ring (bicyclic) bond motifs is 5. The van der Waals surface area contributed by atoms with Crippen LogP contribution in [0.15, 0.2) is 36.4 Å². The van der Waals surface area contributed by atoms with Gasteiger partial charge in [0.1, 0.15) is 0 Å². The van der Waals surface area contributed by atoms with E-state index in [0.717, 1.165) is 17.7 Å². The summed E-state index contributed by atoms with van der Waals surface area (Å²) in [5.41, 5.74) is 1.12. The van der Waals surface area contributed by atoms with Crippen molar-refractivity contribution in [2.45, 2.75) is 32.0 Å².